The third-order valence-electron chi connectivity index (χ3n) is 0.862. The van der Waals surface area contributed by atoms with Crippen LogP contribution in [0.1, 0.15) is 5.76 Å². The number of hydrogen-bond acceptors (Lipinski definition) is 4. The van der Waals surface area contributed by atoms with E-state index in [0.29, 0.717) is 5.76 Å². The van der Waals surface area contributed by atoms with Crippen LogP contribution in [0.15, 0.2) is 10.6 Å². The summed E-state index contributed by atoms with van der Waals surface area (Å²) in [5.74, 6) is 0.418. The van der Waals surface area contributed by atoms with E-state index in [2.05, 4.69) is 9.68 Å². The van der Waals surface area contributed by atoms with Crippen LogP contribution in [0.3, 0.4) is 0 Å². The summed E-state index contributed by atoms with van der Waals surface area (Å²) in [5, 5.41) is 3.28. The van der Waals surface area contributed by atoms with E-state index in [0.717, 1.165) is 0 Å². The van der Waals surface area contributed by atoms with Crippen molar-refractivity contribution in [1.29, 1.82) is 0 Å². The maximum absolute atomic E-state index is 10.2. The van der Waals surface area contributed by atoms with Gasteiger partial charge in [-0.3, -0.25) is 4.55 Å². The van der Waals surface area contributed by atoms with E-state index in [1.54, 1.807) is 11.6 Å². The summed E-state index contributed by atoms with van der Waals surface area (Å²) >= 11 is 0. The summed E-state index contributed by atoms with van der Waals surface area (Å²) in [7, 11) is -4.24. The van der Waals surface area contributed by atoms with Gasteiger partial charge in [0, 0.05) is 6.07 Å². The van der Waals surface area contributed by atoms with Crippen molar-refractivity contribution >= 4 is 45.7 Å². The molecule has 0 saturated carbocycles. The molecule has 0 atom stereocenters. The van der Waals surface area contributed by atoms with E-state index in [9.17, 15) is 8.42 Å². The molecule has 1 aromatic rings. The van der Waals surface area contributed by atoms with Crippen molar-refractivity contribution in [1.82, 2.24) is 5.16 Å². The van der Waals surface area contributed by atoms with Crippen LogP contribution >= 0.6 is 0 Å². The third-order valence-corrected chi connectivity index (χ3v) is 1.33. The second kappa shape index (κ2) is 4.24. The number of aryl methyl sites for hydroxylation is 1. The fourth-order valence-electron chi connectivity index (χ4n) is 0.547. The van der Waals surface area contributed by atoms with Gasteiger partial charge < -0.3 is 4.52 Å². The Morgan fingerprint density at radius 1 is 1.67 bits per heavy atom. The van der Waals surface area contributed by atoms with Crippen molar-refractivity contribution in [3.8, 4) is 0 Å². The molecule has 1 rings (SSSR count). The van der Waals surface area contributed by atoms with Crippen molar-refractivity contribution in [2.75, 3.05) is 4.72 Å². The van der Waals surface area contributed by atoms with Crippen LogP contribution in [0.25, 0.3) is 0 Å². The Bertz CT molecular complexity index is 346. The number of nitrogens with one attached hydrogen (secondary N) is 1. The second-order valence-electron chi connectivity index (χ2n) is 1.90. The van der Waals surface area contributed by atoms with Crippen LogP contribution in [0, 0.1) is 6.92 Å². The standard InChI is InChI=1S/C4H6N2O4S.Na.H/c1-3-2-4(5-10-3)6-11(7,8)9;;/h2H,1H3,(H,5,6)(H,7,8,9);;. The molecule has 0 unspecified atom stereocenters. The van der Waals surface area contributed by atoms with Gasteiger partial charge in [-0.1, -0.05) is 5.16 Å². The van der Waals surface area contributed by atoms with Crippen LogP contribution < -0.4 is 4.72 Å². The van der Waals surface area contributed by atoms with Crippen LogP contribution in [-0.4, -0.2) is 47.7 Å². The summed E-state index contributed by atoms with van der Waals surface area (Å²) in [4.78, 5) is 0. The van der Waals surface area contributed by atoms with E-state index in [-0.39, 0.29) is 35.4 Å². The van der Waals surface area contributed by atoms with Gasteiger partial charge in [0.2, 0.25) is 0 Å². The Morgan fingerprint density at radius 2 is 2.25 bits per heavy atom. The molecule has 8 heteroatoms. The van der Waals surface area contributed by atoms with Crippen LogP contribution in [0.2, 0.25) is 0 Å². The molecule has 1 heterocycles. The van der Waals surface area contributed by atoms with Gasteiger partial charge in [-0.2, -0.15) is 8.42 Å². The van der Waals surface area contributed by atoms with Gasteiger partial charge in [0.1, 0.15) is 5.76 Å². The summed E-state index contributed by atoms with van der Waals surface area (Å²) in [5.41, 5.74) is 0. The van der Waals surface area contributed by atoms with Crippen LogP contribution in [0.5, 0.6) is 0 Å². The summed E-state index contributed by atoms with van der Waals surface area (Å²) in [6.07, 6.45) is 0. The summed E-state index contributed by atoms with van der Waals surface area (Å²) in [6, 6.07) is 1.34. The summed E-state index contributed by atoms with van der Waals surface area (Å²) in [6.45, 7) is 1.60. The van der Waals surface area contributed by atoms with Crippen molar-refractivity contribution in [3.05, 3.63) is 11.8 Å². The molecule has 12 heavy (non-hydrogen) atoms. The van der Waals surface area contributed by atoms with E-state index in [1.165, 1.54) is 6.07 Å². The van der Waals surface area contributed by atoms with Crippen molar-refractivity contribution in [2.24, 2.45) is 0 Å². The molecule has 0 aliphatic carbocycles. The average Bonchev–Trinajstić information content (AvgIpc) is 2.10. The number of anilines is 1. The van der Waals surface area contributed by atoms with Gasteiger partial charge in [0.05, 0.1) is 0 Å². The maximum atomic E-state index is 10.2. The van der Waals surface area contributed by atoms with Crippen LogP contribution in [-0.2, 0) is 10.3 Å². The first kappa shape index (κ1) is 11.9. The van der Waals surface area contributed by atoms with E-state index in [1.807, 2.05) is 0 Å². The predicted molar refractivity (Wildman–Crippen MR) is 43.6 cm³/mol. The molecule has 0 bridgehead atoms. The van der Waals surface area contributed by atoms with E-state index in [4.69, 9.17) is 4.55 Å². The predicted octanol–water partition coefficient (Wildman–Crippen LogP) is -0.451. The molecule has 0 spiro atoms. The monoisotopic (exact) mass is 202 g/mol. The molecule has 0 radical (unpaired) electrons. The molecule has 64 valence electrons. The fraction of sp³-hybridized carbons (Fsp3) is 0.250. The first-order chi connectivity index (χ1) is 4.97. The van der Waals surface area contributed by atoms with Gasteiger partial charge >= 0.3 is 39.9 Å². The molecular formula is C4H7N2NaO4S. The quantitative estimate of drug-likeness (QED) is 0.500. The van der Waals surface area contributed by atoms with Gasteiger partial charge in [-0.25, -0.2) is 4.72 Å². The van der Waals surface area contributed by atoms with Crippen molar-refractivity contribution < 1.29 is 17.5 Å². The Morgan fingerprint density at radius 3 is 2.58 bits per heavy atom. The normalized spacial score (nSPS) is 10.5. The Kier molecular flexibility index (Phi) is 4.21. The van der Waals surface area contributed by atoms with Gasteiger partial charge in [0.15, 0.2) is 5.82 Å². The first-order valence-electron chi connectivity index (χ1n) is 2.66. The molecule has 0 aliphatic heterocycles. The molecule has 0 aliphatic rings. The molecule has 2 N–H and O–H groups in total. The Hall–Kier alpha value is -0.0800. The number of hydrogen-bond donors (Lipinski definition) is 2. The molecule has 6 nitrogen and oxygen atoms in total. The topological polar surface area (TPSA) is 92.4 Å². The first-order valence-corrected chi connectivity index (χ1v) is 4.10. The molecule has 0 fully saturated rings. The van der Waals surface area contributed by atoms with Gasteiger partial charge in [0.25, 0.3) is 0 Å². The van der Waals surface area contributed by atoms with E-state index >= 15 is 0 Å². The number of aromatic nitrogens is 1. The van der Waals surface area contributed by atoms with Crippen molar-refractivity contribution in [2.45, 2.75) is 6.92 Å². The number of nitrogens with zero attached hydrogens (tertiary/aromatic N) is 1. The minimum absolute atomic E-state index is 0. The molecule has 1 aromatic heterocycles. The van der Waals surface area contributed by atoms with E-state index < -0.39 is 10.3 Å². The minimum atomic E-state index is -4.24. The van der Waals surface area contributed by atoms with Gasteiger partial charge in [-0.05, 0) is 6.92 Å². The average molecular weight is 202 g/mol. The second-order valence-corrected chi connectivity index (χ2v) is 3.05. The summed E-state index contributed by atoms with van der Waals surface area (Å²) < 4.78 is 34.9. The van der Waals surface area contributed by atoms with Gasteiger partial charge in [-0.15, -0.1) is 0 Å². The third kappa shape index (κ3) is 4.07. The number of rotatable bonds is 2. The zero-order valence-electron chi connectivity index (χ0n) is 5.60. The molecule has 0 saturated heterocycles. The zero-order valence-corrected chi connectivity index (χ0v) is 6.42. The zero-order chi connectivity index (χ0) is 8.48. The van der Waals surface area contributed by atoms with Crippen molar-refractivity contribution in [3.63, 3.8) is 0 Å². The molecule has 0 aromatic carbocycles. The Balaban J connectivity index is 0.00000121. The molecule has 0 amide bonds. The molecular weight excluding hydrogens is 195 g/mol. The Labute approximate surface area is 91.5 Å². The van der Waals surface area contributed by atoms with Crippen LogP contribution in [0.4, 0.5) is 5.82 Å². The SMILES string of the molecule is Cc1cc(NS(=O)(=O)O)no1.[NaH]. The fourth-order valence-corrected chi connectivity index (χ4v) is 0.907.